The Hall–Kier alpha value is -1.67. The summed E-state index contributed by atoms with van der Waals surface area (Å²) in [5.74, 6) is -1.62. The molecule has 0 aliphatic heterocycles. The molecule has 2 amide bonds. The van der Waals surface area contributed by atoms with Gasteiger partial charge in [-0.05, 0) is 13.8 Å². The quantitative estimate of drug-likeness (QED) is 0.352. The van der Waals surface area contributed by atoms with Crippen LogP contribution in [-0.4, -0.2) is 30.3 Å². The average molecular weight is 262 g/mol. The van der Waals surface area contributed by atoms with Crippen LogP contribution in [0.1, 0.15) is 13.8 Å². The molecular formula is C9H14N2O5S. The van der Waals surface area contributed by atoms with E-state index in [1.807, 2.05) is 10.6 Å². The van der Waals surface area contributed by atoms with Gasteiger partial charge in [0.1, 0.15) is 0 Å². The molecule has 3 N–H and O–H groups in total. The molecule has 0 radical (unpaired) electrons. The van der Waals surface area contributed by atoms with Gasteiger partial charge in [0.2, 0.25) is 17.3 Å². The van der Waals surface area contributed by atoms with Crippen LogP contribution < -0.4 is 10.6 Å². The van der Waals surface area contributed by atoms with Crippen LogP contribution in [-0.2, 0) is 19.7 Å². The van der Waals surface area contributed by atoms with Crippen molar-refractivity contribution >= 4 is 21.9 Å². The van der Waals surface area contributed by atoms with E-state index in [1.54, 1.807) is 0 Å². The van der Waals surface area contributed by atoms with Crippen molar-refractivity contribution in [3.63, 3.8) is 0 Å². The summed E-state index contributed by atoms with van der Waals surface area (Å²) < 4.78 is 30.7. The molecule has 0 aromatic rings. The molecule has 0 aromatic carbocycles. The van der Waals surface area contributed by atoms with Gasteiger partial charge in [0.05, 0.1) is 0 Å². The van der Waals surface area contributed by atoms with Gasteiger partial charge in [-0.3, -0.25) is 14.1 Å². The number of rotatable bonds is 5. The standard InChI is InChI=1S/C9H14N2O5S/c1-5(2)7(12)10-9(17(14,15)16)11-8(13)6(3)4/h9H,1,3H2,2,4H3,(H,10,12)(H,11,13)(H,14,15,16). The molecule has 0 atom stereocenters. The summed E-state index contributed by atoms with van der Waals surface area (Å²) in [6.45, 7) is 9.26. The number of carbonyl (C=O) groups is 2. The molecule has 0 unspecified atom stereocenters. The molecule has 0 aromatic heterocycles. The van der Waals surface area contributed by atoms with Gasteiger partial charge in [-0.15, -0.1) is 0 Å². The summed E-state index contributed by atoms with van der Waals surface area (Å²) in [7, 11) is -4.67. The molecular weight excluding hydrogens is 248 g/mol. The molecule has 0 heterocycles. The topological polar surface area (TPSA) is 113 Å². The molecule has 0 saturated heterocycles. The molecule has 0 fully saturated rings. The van der Waals surface area contributed by atoms with E-state index >= 15 is 0 Å². The minimum absolute atomic E-state index is 0.0308. The summed E-state index contributed by atoms with van der Waals surface area (Å²) >= 11 is 0. The zero-order valence-corrected chi connectivity index (χ0v) is 10.3. The normalized spacial score (nSPS) is 10.8. The summed E-state index contributed by atoms with van der Waals surface area (Å²) in [6, 6.07) is 0. The number of amides is 2. The molecule has 96 valence electrons. The van der Waals surface area contributed by atoms with Crippen LogP contribution in [0.2, 0.25) is 0 Å². The van der Waals surface area contributed by atoms with E-state index in [4.69, 9.17) is 4.55 Å². The average Bonchev–Trinajstić information content (AvgIpc) is 2.14. The lowest BCUT2D eigenvalue weighted by Crippen LogP contribution is -2.52. The molecule has 0 bridgehead atoms. The zero-order chi connectivity index (χ0) is 13.8. The van der Waals surface area contributed by atoms with Crippen LogP contribution >= 0.6 is 0 Å². The highest BCUT2D eigenvalue weighted by Crippen LogP contribution is 1.97. The maximum absolute atomic E-state index is 11.2. The Kier molecular flexibility index (Phi) is 5.05. The predicted octanol–water partition coefficient (Wildman–Crippen LogP) is -0.458. The molecule has 7 nitrogen and oxygen atoms in total. The fourth-order valence-corrected chi connectivity index (χ4v) is 1.18. The molecule has 0 saturated carbocycles. The lowest BCUT2D eigenvalue weighted by atomic mass is 10.3. The summed E-state index contributed by atoms with van der Waals surface area (Å²) in [4.78, 5) is 22.4. The molecule has 0 aliphatic rings. The van der Waals surface area contributed by atoms with Crippen molar-refractivity contribution in [2.75, 3.05) is 0 Å². The second kappa shape index (κ2) is 5.60. The summed E-state index contributed by atoms with van der Waals surface area (Å²) in [5.41, 5.74) is -1.87. The van der Waals surface area contributed by atoms with Gasteiger partial charge in [-0.2, -0.15) is 8.42 Å². The van der Waals surface area contributed by atoms with Crippen molar-refractivity contribution in [3.8, 4) is 0 Å². The third-order valence-corrected chi connectivity index (χ3v) is 2.43. The highest BCUT2D eigenvalue weighted by Gasteiger charge is 2.26. The lowest BCUT2D eigenvalue weighted by molar-refractivity contribution is -0.119. The predicted molar refractivity (Wildman–Crippen MR) is 61.3 cm³/mol. The van der Waals surface area contributed by atoms with E-state index in [-0.39, 0.29) is 11.1 Å². The maximum atomic E-state index is 11.2. The smallest absolute Gasteiger partial charge is 0.305 e. The van der Waals surface area contributed by atoms with Gasteiger partial charge >= 0.3 is 10.1 Å². The van der Waals surface area contributed by atoms with E-state index in [9.17, 15) is 18.0 Å². The molecule has 17 heavy (non-hydrogen) atoms. The minimum Gasteiger partial charge on any atom is -0.317 e. The first kappa shape index (κ1) is 15.3. The Morgan fingerprint density at radius 1 is 1.06 bits per heavy atom. The second-order valence-electron chi connectivity index (χ2n) is 3.40. The van der Waals surface area contributed by atoms with E-state index in [0.29, 0.717) is 0 Å². The number of nitrogens with one attached hydrogen (secondary N) is 2. The minimum atomic E-state index is -4.67. The van der Waals surface area contributed by atoms with Crippen LogP contribution in [0.4, 0.5) is 0 Å². The van der Waals surface area contributed by atoms with Crippen LogP contribution in [0.15, 0.2) is 24.3 Å². The monoisotopic (exact) mass is 262 g/mol. The van der Waals surface area contributed by atoms with Gasteiger partial charge in [-0.1, -0.05) is 13.2 Å². The Morgan fingerprint density at radius 2 is 1.35 bits per heavy atom. The zero-order valence-electron chi connectivity index (χ0n) is 9.48. The Bertz CT molecular complexity index is 438. The summed E-state index contributed by atoms with van der Waals surface area (Å²) in [5, 5.41) is 3.79. The molecule has 8 heteroatoms. The van der Waals surface area contributed by atoms with Crippen LogP contribution in [0, 0.1) is 0 Å². The molecule has 0 spiro atoms. The van der Waals surface area contributed by atoms with E-state index in [2.05, 4.69) is 13.2 Å². The molecule has 0 rings (SSSR count). The fourth-order valence-electron chi connectivity index (χ4n) is 0.670. The van der Waals surface area contributed by atoms with Crippen molar-refractivity contribution in [2.24, 2.45) is 0 Å². The van der Waals surface area contributed by atoms with Crippen LogP contribution in [0.5, 0.6) is 0 Å². The van der Waals surface area contributed by atoms with Gasteiger partial charge in [-0.25, -0.2) is 0 Å². The van der Waals surface area contributed by atoms with Gasteiger partial charge < -0.3 is 10.6 Å². The Balaban J connectivity index is 4.93. The van der Waals surface area contributed by atoms with Crippen molar-refractivity contribution < 1.29 is 22.6 Å². The largest absolute Gasteiger partial charge is 0.317 e. The first-order chi connectivity index (χ1) is 7.55. The Labute approximate surface area is 99.3 Å². The van der Waals surface area contributed by atoms with Gasteiger partial charge in [0, 0.05) is 11.1 Å². The number of hydrogen-bond donors (Lipinski definition) is 3. The molecule has 0 aliphatic carbocycles. The first-order valence-electron chi connectivity index (χ1n) is 4.44. The fraction of sp³-hybridized carbons (Fsp3) is 0.333. The van der Waals surface area contributed by atoms with Crippen LogP contribution in [0.3, 0.4) is 0 Å². The van der Waals surface area contributed by atoms with Crippen molar-refractivity contribution in [1.29, 1.82) is 0 Å². The third kappa shape index (κ3) is 5.27. The van der Waals surface area contributed by atoms with Crippen molar-refractivity contribution in [1.82, 2.24) is 10.6 Å². The van der Waals surface area contributed by atoms with Gasteiger partial charge in [0.25, 0.3) is 0 Å². The Morgan fingerprint density at radius 3 is 1.53 bits per heavy atom. The number of hydrogen-bond acceptors (Lipinski definition) is 4. The first-order valence-corrected chi connectivity index (χ1v) is 5.95. The van der Waals surface area contributed by atoms with Crippen molar-refractivity contribution in [2.45, 2.75) is 19.3 Å². The SMILES string of the molecule is C=C(C)C(=O)NC(NC(=O)C(=C)C)S(=O)(=O)O. The van der Waals surface area contributed by atoms with Crippen molar-refractivity contribution in [3.05, 3.63) is 24.3 Å². The van der Waals surface area contributed by atoms with Crippen LogP contribution in [0.25, 0.3) is 0 Å². The number of carbonyl (C=O) groups excluding carboxylic acids is 2. The third-order valence-electron chi connectivity index (χ3n) is 1.60. The highest BCUT2D eigenvalue weighted by atomic mass is 32.2. The summed E-state index contributed by atoms with van der Waals surface area (Å²) in [6.07, 6.45) is 0. The second-order valence-corrected chi connectivity index (χ2v) is 4.90. The van der Waals surface area contributed by atoms with E-state index in [1.165, 1.54) is 13.8 Å². The van der Waals surface area contributed by atoms with E-state index < -0.39 is 27.4 Å². The maximum Gasteiger partial charge on any atom is 0.305 e. The van der Waals surface area contributed by atoms with Gasteiger partial charge in [0.15, 0.2) is 0 Å². The van der Waals surface area contributed by atoms with E-state index in [0.717, 1.165) is 0 Å². The highest BCUT2D eigenvalue weighted by molar-refractivity contribution is 7.86. The lowest BCUT2D eigenvalue weighted by Gasteiger charge is -2.17.